The lowest BCUT2D eigenvalue weighted by molar-refractivity contribution is -0.136. The van der Waals surface area contributed by atoms with Crippen LogP contribution in [-0.4, -0.2) is 19.2 Å². The summed E-state index contributed by atoms with van der Waals surface area (Å²) in [5.74, 6) is 0.732. The van der Waals surface area contributed by atoms with Gasteiger partial charge in [0, 0.05) is 0 Å². The Morgan fingerprint density at radius 2 is 1.85 bits per heavy atom. The van der Waals surface area contributed by atoms with Gasteiger partial charge in [0.05, 0.1) is 17.8 Å². The minimum absolute atomic E-state index is 0.178. The Balaban J connectivity index is 1.46. The average molecular weight is 364 g/mol. The van der Waals surface area contributed by atoms with Crippen LogP contribution >= 0.6 is 0 Å². The van der Waals surface area contributed by atoms with E-state index in [2.05, 4.69) is 10.6 Å². The van der Waals surface area contributed by atoms with Crippen LogP contribution in [0.5, 0.6) is 5.75 Å². The fraction of sp³-hybridized carbons (Fsp3) is 0.316. The first-order chi connectivity index (χ1) is 12.4. The van der Waals surface area contributed by atoms with E-state index in [-0.39, 0.29) is 18.8 Å². The van der Waals surface area contributed by atoms with E-state index < -0.39 is 17.8 Å². The highest BCUT2D eigenvalue weighted by Crippen LogP contribution is 2.34. The molecule has 138 valence electrons. The Hall–Kier alpha value is -2.70. The van der Waals surface area contributed by atoms with E-state index in [9.17, 15) is 18.0 Å². The van der Waals surface area contributed by atoms with E-state index in [0.717, 1.165) is 31.1 Å². The highest BCUT2D eigenvalue weighted by Gasteiger charge is 2.33. The topological polar surface area (TPSA) is 50.4 Å². The molecular formula is C19H19F3N2O2. The second-order valence-corrected chi connectivity index (χ2v) is 6.06. The molecule has 1 aliphatic rings. The number of rotatable bonds is 5. The molecule has 7 heteroatoms. The fourth-order valence-corrected chi connectivity index (χ4v) is 2.98. The number of fused-ring (bicyclic) bond motifs is 1. The van der Waals surface area contributed by atoms with Gasteiger partial charge in [-0.05, 0) is 54.7 Å². The van der Waals surface area contributed by atoms with Gasteiger partial charge in [-0.2, -0.15) is 13.2 Å². The van der Waals surface area contributed by atoms with Crippen molar-refractivity contribution in [3.63, 3.8) is 0 Å². The molecule has 0 spiro atoms. The van der Waals surface area contributed by atoms with Crippen LogP contribution in [0.25, 0.3) is 0 Å². The lowest BCUT2D eigenvalue weighted by Crippen LogP contribution is -2.32. The molecule has 0 unspecified atom stereocenters. The molecule has 0 aromatic heterocycles. The van der Waals surface area contributed by atoms with Crippen molar-refractivity contribution in [1.29, 1.82) is 0 Å². The van der Waals surface area contributed by atoms with E-state index in [4.69, 9.17) is 4.74 Å². The summed E-state index contributed by atoms with van der Waals surface area (Å²) in [6.07, 6.45) is -1.23. The van der Waals surface area contributed by atoms with Gasteiger partial charge in [-0.15, -0.1) is 0 Å². The number of carbonyl (C=O) groups is 1. The number of hydrogen-bond donors (Lipinski definition) is 2. The highest BCUT2D eigenvalue weighted by molar-refractivity contribution is 5.90. The normalized spacial score (nSPS) is 13.2. The van der Waals surface area contributed by atoms with Gasteiger partial charge in [-0.1, -0.05) is 18.2 Å². The number of alkyl halides is 3. The van der Waals surface area contributed by atoms with Crippen LogP contribution in [0, 0.1) is 0 Å². The molecule has 0 fully saturated rings. The van der Waals surface area contributed by atoms with Crippen molar-refractivity contribution in [3.05, 3.63) is 59.2 Å². The number of ether oxygens (including phenoxy) is 1. The first-order valence-electron chi connectivity index (χ1n) is 8.39. The first kappa shape index (κ1) is 18.1. The third-order valence-electron chi connectivity index (χ3n) is 4.21. The zero-order chi connectivity index (χ0) is 18.6. The molecule has 0 heterocycles. The fourth-order valence-electron chi connectivity index (χ4n) is 2.98. The number of hydrogen-bond acceptors (Lipinski definition) is 2. The Morgan fingerprint density at radius 3 is 2.65 bits per heavy atom. The summed E-state index contributed by atoms with van der Waals surface area (Å²) >= 11 is 0. The Labute approximate surface area is 149 Å². The maximum Gasteiger partial charge on any atom is 0.418 e. The van der Waals surface area contributed by atoms with Gasteiger partial charge in [0.15, 0.2) is 0 Å². The van der Waals surface area contributed by atoms with E-state index in [1.54, 1.807) is 0 Å². The van der Waals surface area contributed by atoms with Gasteiger partial charge in [0.1, 0.15) is 12.4 Å². The molecule has 0 bridgehead atoms. The second kappa shape index (κ2) is 7.68. The molecule has 0 saturated carbocycles. The van der Waals surface area contributed by atoms with Gasteiger partial charge in [0.25, 0.3) is 0 Å². The summed E-state index contributed by atoms with van der Waals surface area (Å²) in [5, 5.41) is 4.71. The van der Waals surface area contributed by atoms with Crippen molar-refractivity contribution in [2.45, 2.75) is 25.4 Å². The Kier molecular flexibility index (Phi) is 5.35. The van der Waals surface area contributed by atoms with Crippen molar-refractivity contribution in [2.75, 3.05) is 18.5 Å². The number of nitrogens with one attached hydrogen (secondary N) is 2. The zero-order valence-electron chi connectivity index (χ0n) is 14.0. The van der Waals surface area contributed by atoms with Crippen molar-refractivity contribution in [3.8, 4) is 5.75 Å². The van der Waals surface area contributed by atoms with Crippen molar-refractivity contribution in [1.82, 2.24) is 5.32 Å². The molecule has 0 radical (unpaired) electrons. The molecule has 2 amide bonds. The van der Waals surface area contributed by atoms with Gasteiger partial charge >= 0.3 is 12.2 Å². The van der Waals surface area contributed by atoms with Gasteiger partial charge in [-0.3, -0.25) is 0 Å². The standard InChI is InChI=1S/C19H19F3N2O2/c20-19(21,22)16-6-1-2-7-17(16)24-18(25)23-10-11-26-15-9-8-13-4-3-5-14(13)12-15/h1-2,6-9,12H,3-5,10-11H2,(H2,23,24,25). The molecule has 0 aliphatic heterocycles. The van der Waals surface area contributed by atoms with Crippen molar-refractivity contribution >= 4 is 11.7 Å². The third kappa shape index (κ3) is 4.47. The molecule has 0 saturated heterocycles. The predicted octanol–water partition coefficient (Wildman–Crippen LogP) is 4.39. The maximum atomic E-state index is 12.9. The monoisotopic (exact) mass is 364 g/mol. The van der Waals surface area contributed by atoms with Crippen LogP contribution in [0.15, 0.2) is 42.5 Å². The van der Waals surface area contributed by atoms with Crippen LogP contribution in [0.3, 0.4) is 0 Å². The second-order valence-electron chi connectivity index (χ2n) is 6.06. The molecule has 3 rings (SSSR count). The lowest BCUT2D eigenvalue weighted by atomic mass is 10.1. The molecule has 26 heavy (non-hydrogen) atoms. The number of halogens is 3. The minimum atomic E-state index is -4.53. The van der Waals surface area contributed by atoms with E-state index in [1.807, 2.05) is 18.2 Å². The molecule has 4 nitrogen and oxygen atoms in total. The van der Waals surface area contributed by atoms with E-state index in [1.165, 1.54) is 29.3 Å². The van der Waals surface area contributed by atoms with Crippen LogP contribution in [0.1, 0.15) is 23.1 Å². The predicted molar refractivity (Wildman–Crippen MR) is 92.4 cm³/mol. The maximum absolute atomic E-state index is 12.9. The number of aryl methyl sites for hydroxylation is 2. The number of anilines is 1. The largest absolute Gasteiger partial charge is 0.492 e. The summed E-state index contributed by atoms with van der Waals surface area (Å²) in [6.45, 7) is 0.407. The molecule has 2 N–H and O–H groups in total. The third-order valence-corrected chi connectivity index (χ3v) is 4.21. The highest BCUT2D eigenvalue weighted by atomic mass is 19.4. The summed E-state index contributed by atoms with van der Waals surface area (Å²) in [5.41, 5.74) is 1.47. The van der Waals surface area contributed by atoms with Gasteiger partial charge < -0.3 is 15.4 Å². The Morgan fingerprint density at radius 1 is 1.08 bits per heavy atom. The van der Waals surface area contributed by atoms with Crippen LogP contribution in [0.2, 0.25) is 0 Å². The lowest BCUT2D eigenvalue weighted by Gasteiger charge is -2.14. The smallest absolute Gasteiger partial charge is 0.418 e. The molecular weight excluding hydrogens is 345 g/mol. The zero-order valence-corrected chi connectivity index (χ0v) is 14.0. The van der Waals surface area contributed by atoms with Crippen LogP contribution in [0.4, 0.5) is 23.7 Å². The SMILES string of the molecule is O=C(NCCOc1ccc2c(c1)CCC2)Nc1ccccc1C(F)(F)F. The number of carbonyl (C=O) groups excluding carboxylic acids is 1. The van der Waals surface area contributed by atoms with E-state index >= 15 is 0 Å². The summed E-state index contributed by atoms with van der Waals surface area (Å²) in [6, 6.07) is 10.1. The number of amides is 2. The first-order valence-corrected chi connectivity index (χ1v) is 8.39. The Bertz CT molecular complexity index is 791. The average Bonchev–Trinajstić information content (AvgIpc) is 3.06. The van der Waals surface area contributed by atoms with Gasteiger partial charge in [-0.25, -0.2) is 4.79 Å². The van der Waals surface area contributed by atoms with Crippen LogP contribution < -0.4 is 15.4 Å². The number of para-hydroxylation sites is 1. The van der Waals surface area contributed by atoms with Crippen LogP contribution in [-0.2, 0) is 19.0 Å². The quantitative estimate of drug-likeness (QED) is 0.773. The molecule has 2 aromatic carbocycles. The minimum Gasteiger partial charge on any atom is -0.492 e. The van der Waals surface area contributed by atoms with Crippen molar-refractivity contribution in [2.24, 2.45) is 0 Å². The van der Waals surface area contributed by atoms with Gasteiger partial charge in [0.2, 0.25) is 0 Å². The summed E-state index contributed by atoms with van der Waals surface area (Å²) in [7, 11) is 0. The summed E-state index contributed by atoms with van der Waals surface area (Å²) in [4.78, 5) is 11.8. The molecule has 1 aliphatic carbocycles. The number of benzene rings is 2. The molecule has 2 aromatic rings. The summed E-state index contributed by atoms with van der Waals surface area (Å²) < 4.78 is 44.3. The van der Waals surface area contributed by atoms with Crippen molar-refractivity contribution < 1.29 is 22.7 Å². The number of urea groups is 1. The van der Waals surface area contributed by atoms with E-state index in [0.29, 0.717) is 0 Å². The molecule has 0 atom stereocenters.